The Morgan fingerprint density at radius 1 is 1.30 bits per heavy atom. The van der Waals surface area contributed by atoms with Crippen LogP contribution in [0.4, 0.5) is 0 Å². The van der Waals surface area contributed by atoms with Gasteiger partial charge >= 0.3 is 0 Å². The number of hydrogen-bond acceptors (Lipinski definition) is 4. The van der Waals surface area contributed by atoms with Crippen molar-refractivity contribution < 1.29 is 8.42 Å². The molecule has 108 valence electrons. The maximum Gasteiger partial charge on any atom is 0.242 e. The van der Waals surface area contributed by atoms with Crippen LogP contribution < -0.4 is 4.72 Å². The van der Waals surface area contributed by atoms with Crippen LogP contribution in [0.25, 0.3) is 0 Å². The zero-order valence-corrected chi connectivity index (χ0v) is 14.6. The van der Waals surface area contributed by atoms with E-state index in [1.54, 1.807) is 17.5 Å². The van der Waals surface area contributed by atoms with E-state index in [0.717, 1.165) is 10.4 Å². The van der Waals surface area contributed by atoms with Crippen molar-refractivity contribution in [1.82, 2.24) is 9.71 Å². The summed E-state index contributed by atoms with van der Waals surface area (Å²) in [6, 6.07) is 3.28. The summed E-state index contributed by atoms with van der Waals surface area (Å²) in [5, 5.41) is 0. The Hall–Kier alpha value is -0.760. The zero-order valence-electron chi connectivity index (χ0n) is 11.3. The molecular formula is C13H15BrN2O2S2. The Kier molecular flexibility index (Phi) is 4.63. The van der Waals surface area contributed by atoms with Crippen LogP contribution in [0.2, 0.25) is 0 Å². The summed E-state index contributed by atoms with van der Waals surface area (Å²) in [5.74, 6) is 0. The van der Waals surface area contributed by atoms with Crippen molar-refractivity contribution in [2.24, 2.45) is 0 Å². The summed E-state index contributed by atoms with van der Waals surface area (Å²) in [5.41, 5.74) is 1.01. The van der Waals surface area contributed by atoms with E-state index < -0.39 is 10.0 Å². The molecule has 4 nitrogen and oxygen atoms in total. The highest BCUT2D eigenvalue weighted by atomic mass is 79.9. The Morgan fingerprint density at radius 2 is 2.00 bits per heavy atom. The first-order valence-corrected chi connectivity index (χ1v) is 9.08. The van der Waals surface area contributed by atoms with Crippen LogP contribution in [0, 0.1) is 13.8 Å². The molecule has 0 fully saturated rings. The SMILES string of the molecule is Cc1cc(C(C)NS(=O)(=O)c2cncc(Br)c2)c(C)s1. The lowest BCUT2D eigenvalue weighted by atomic mass is 10.1. The largest absolute Gasteiger partial charge is 0.262 e. The van der Waals surface area contributed by atoms with Crippen LogP contribution >= 0.6 is 27.3 Å². The molecule has 0 aliphatic rings. The first-order chi connectivity index (χ1) is 9.29. The standard InChI is InChI=1S/C13H15BrN2O2S2/c1-8-4-13(10(3)19-8)9(2)16-20(17,18)12-5-11(14)6-15-7-12/h4-7,9,16H,1-3H3. The van der Waals surface area contributed by atoms with Crippen molar-refractivity contribution in [1.29, 1.82) is 0 Å². The maximum absolute atomic E-state index is 12.3. The van der Waals surface area contributed by atoms with Crippen LogP contribution in [-0.4, -0.2) is 13.4 Å². The van der Waals surface area contributed by atoms with Gasteiger partial charge in [0.1, 0.15) is 4.90 Å². The van der Waals surface area contributed by atoms with E-state index in [4.69, 9.17) is 0 Å². The summed E-state index contributed by atoms with van der Waals surface area (Å²) in [4.78, 5) is 6.35. The van der Waals surface area contributed by atoms with Crippen LogP contribution in [0.15, 0.2) is 33.9 Å². The minimum Gasteiger partial charge on any atom is -0.262 e. The molecule has 1 unspecified atom stereocenters. The Balaban J connectivity index is 2.26. The molecule has 0 radical (unpaired) electrons. The molecule has 0 saturated heterocycles. The third-order valence-corrected chi connectivity index (χ3v) is 5.79. The smallest absolute Gasteiger partial charge is 0.242 e. The lowest BCUT2D eigenvalue weighted by Crippen LogP contribution is -2.27. The Labute approximate surface area is 131 Å². The molecule has 0 bridgehead atoms. The molecule has 0 spiro atoms. The number of sulfonamides is 1. The molecule has 1 N–H and O–H groups in total. The van der Waals surface area contributed by atoms with Gasteiger partial charge in [0.15, 0.2) is 0 Å². The quantitative estimate of drug-likeness (QED) is 0.889. The molecule has 0 amide bonds. The molecule has 0 saturated carbocycles. The molecule has 0 aliphatic carbocycles. The summed E-state index contributed by atoms with van der Waals surface area (Å²) < 4.78 is 28.0. The number of aryl methyl sites for hydroxylation is 2. The zero-order chi connectivity index (χ0) is 14.9. The normalized spacial score (nSPS) is 13.4. The first-order valence-electron chi connectivity index (χ1n) is 5.99. The minimum atomic E-state index is -3.58. The molecule has 0 aliphatic heterocycles. The van der Waals surface area contributed by atoms with Crippen molar-refractivity contribution in [2.45, 2.75) is 31.7 Å². The summed E-state index contributed by atoms with van der Waals surface area (Å²) in [6.07, 6.45) is 2.89. The van der Waals surface area contributed by atoms with Gasteiger partial charge in [0.25, 0.3) is 0 Å². The average Bonchev–Trinajstić information content (AvgIpc) is 2.68. The van der Waals surface area contributed by atoms with E-state index in [1.807, 2.05) is 26.8 Å². The number of pyridine rings is 1. The highest BCUT2D eigenvalue weighted by Crippen LogP contribution is 2.27. The van der Waals surface area contributed by atoms with Gasteiger partial charge in [-0.05, 0) is 54.4 Å². The van der Waals surface area contributed by atoms with Gasteiger partial charge in [-0.15, -0.1) is 11.3 Å². The Bertz CT molecular complexity index is 726. The van der Waals surface area contributed by atoms with Crippen molar-refractivity contribution in [3.8, 4) is 0 Å². The molecule has 1 atom stereocenters. The monoisotopic (exact) mass is 374 g/mol. The van der Waals surface area contributed by atoms with Gasteiger partial charge in [-0.3, -0.25) is 4.98 Å². The number of aromatic nitrogens is 1. The van der Waals surface area contributed by atoms with Crippen LogP contribution in [0.5, 0.6) is 0 Å². The maximum atomic E-state index is 12.3. The second kappa shape index (κ2) is 5.93. The van der Waals surface area contributed by atoms with E-state index in [0.29, 0.717) is 4.47 Å². The third kappa shape index (κ3) is 3.46. The van der Waals surface area contributed by atoms with E-state index in [2.05, 4.69) is 25.6 Å². The summed E-state index contributed by atoms with van der Waals surface area (Å²) in [7, 11) is -3.58. The molecule has 0 aromatic carbocycles. The fraction of sp³-hybridized carbons (Fsp3) is 0.308. The van der Waals surface area contributed by atoms with Crippen molar-refractivity contribution in [3.05, 3.63) is 44.3 Å². The topological polar surface area (TPSA) is 59.1 Å². The number of nitrogens with zero attached hydrogens (tertiary/aromatic N) is 1. The molecule has 2 heterocycles. The van der Waals surface area contributed by atoms with Gasteiger partial charge in [-0.2, -0.15) is 0 Å². The van der Waals surface area contributed by atoms with E-state index in [1.165, 1.54) is 17.1 Å². The fourth-order valence-electron chi connectivity index (χ4n) is 1.98. The number of halogens is 1. The molecule has 20 heavy (non-hydrogen) atoms. The van der Waals surface area contributed by atoms with E-state index in [9.17, 15) is 8.42 Å². The highest BCUT2D eigenvalue weighted by Gasteiger charge is 2.20. The number of rotatable bonds is 4. The third-order valence-electron chi connectivity index (χ3n) is 2.87. The van der Waals surface area contributed by atoms with E-state index in [-0.39, 0.29) is 10.9 Å². The van der Waals surface area contributed by atoms with Gasteiger partial charge in [0, 0.05) is 32.7 Å². The van der Waals surface area contributed by atoms with Gasteiger partial charge in [0.05, 0.1) is 0 Å². The lowest BCUT2D eigenvalue weighted by molar-refractivity contribution is 0.566. The highest BCUT2D eigenvalue weighted by molar-refractivity contribution is 9.10. The number of hydrogen-bond donors (Lipinski definition) is 1. The summed E-state index contributed by atoms with van der Waals surface area (Å²) in [6.45, 7) is 5.86. The molecular weight excluding hydrogens is 360 g/mol. The first kappa shape index (κ1) is 15.6. The van der Waals surface area contributed by atoms with Crippen LogP contribution in [0.1, 0.15) is 28.3 Å². The molecule has 7 heteroatoms. The molecule has 2 aromatic heterocycles. The Morgan fingerprint density at radius 3 is 2.55 bits per heavy atom. The number of nitrogens with one attached hydrogen (secondary N) is 1. The summed E-state index contributed by atoms with van der Waals surface area (Å²) >= 11 is 4.89. The van der Waals surface area contributed by atoms with Crippen LogP contribution in [-0.2, 0) is 10.0 Å². The second-order valence-electron chi connectivity index (χ2n) is 4.55. The molecule has 2 rings (SSSR count). The minimum absolute atomic E-state index is 0.156. The second-order valence-corrected chi connectivity index (χ2v) is 8.64. The van der Waals surface area contributed by atoms with Gasteiger partial charge in [0.2, 0.25) is 10.0 Å². The van der Waals surface area contributed by atoms with Gasteiger partial charge in [-0.25, -0.2) is 13.1 Å². The van der Waals surface area contributed by atoms with Crippen LogP contribution in [0.3, 0.4) is 0 Å². The van der Waals surface area contributed by atoms with Gasteiger partial charge in [-0.1, -0.05) is 0 Å². The average molecular weight is 375 g/mol. The predicted octanol–water partition coefficient (Wildman–Crippen LogP) is 3.56. The van der Waals surface area contributed by atoms with Crippen molar-refractivity contribution >= 4 is 37.3 Å². The van der Waals surface area contributed by atoms with E-state index >= 15 is 0 Å². The lowest BCUT2D eigenvalue weighted by Gasteiger charge is -2.14. The van der Waals surface area contributed by atoms with Crippen molar-refractivity contribution in [3.63, 3.8) is 0 Å². The van der Waals surface area contributed by atoms with Crippen molar-refractivity contribution in [2.75, 3.05) is 0 Å². The predicted molar refractivity (Wildman–Crippen MR) is 84.5 cm³/mol. The fourth-order valence-corrected chi connectivity index (χ4v) is 4.73. The number of thiophene rings is 1. The molecule has 2 aromatic rings. The van der Waals surface area contributed by atoms with Gasteiger partial charge < -0.3 is 0 Å².